The molecule has 1 aromatic rings. The second kappa shape index (κ2) is 5.35. The zero-order valence-electron chi connectivity index (χ0n) is 9.23. The standard InChI is InChI=1S/C10H7BrClFO5S/c11-9-7(13)1-5(2-8(9)19(12,15)16)10(14)18-6-3-17-4-6/h1-2,6H,3-4H2. The Morgan fingerprint density at radius 1 is 1.47 bits per heavy atom. The Morgan fingerprint density at radius 3 is 2.58 bits per heavy atom. The van der Waals surface area contributed by atoms with Crippen molar-refractivity contribution in [2.24, 2.45) is 0 Å². The minimum atomic E-state index is -4.18. The van der Waals surface area contributed by atoms with Crippen LogP contribution in [0.5, 0.6) is 0 Å². The van der Waals surface area contributed by atoms with E-state index in [1.807, 2.05) is 0 Å². The highest BCUT2D eigenvalue weighted by molar-refractivity contribution is 9.10. The number of rotatable bonds is 3. The maximum Gasteiger partial charge on any atom is 0.338 e. The van der Waals surface area contributed by atoms with E-state index in [0.29, 0.717) is 0 Å². The average Bonchev–Trinajstić information content (AvgIpc) is 2.25. The molecule has 1 aliphatic heterocycles. The molecule has 0 amide bonds. The summed E-state index contributed by atoms with van der Waals surface area (Å²) in [5.41, 5.74) is -0.230. The van der Waals surface area contributed by atoms with Gasteiger partial charge in [-0.2, -0.15) is 0 Å². The summed E-state index contributed by atoms with van der Waals surface area (Å²) in [6.45, 7) is 0.539. The van der Waals surface area contributed by atoms with Crippen LogP contribution in [0.2, 0.25) is 0 Å². The molecule has 104 valence electrons. The fraction of sp³-hybridized carbons (Fsp3) is 0.300. The van der Waals surface area contributed by atoms with Crippen molar-refractivity contribution in [3.63, 3.8) is 0 Å². The van der Waals surface area contributed by atoms with Gasteiger partial charge in [0.2, 0.25) is 0 Å². The molecule has 0 bridgehead atoms. The van der Waals surface area contributed by atoms with Crippen molar-refractivity contribution in [2.75, 3.05) is 13.2 Å². The Hall–Kier alpha value is -0.700. The first kappa shape index (κ1) is 14.7. The summed E-state index contributed by atoms with van der Waals surface area (Å²) in [4.78, 5) is 11.2. The molecule has 0 saturated carbocycles. The lowest BCUT2D eigenvalue weighted by Gasteiger charge is -2.25. The fourth-order valence-electron chi connectivity index (χ4n) is 1.36. The molecule has 9 heteroatoms. The topological polar surface area (TPSA) is 69.7 Å². The first-order valence-electron chi connectivity index (χ1n) is 5.01. The summed E-state index contributed by atoms with van der Waals surface area (Å²) >= 11 is 2.76. The molecule has 1 fully saturated rings. The van der Waals surface area contributed by atoms with Gasteiger partial charge >= 0.3 is 5.97 Å². The van der Waals surface area contributed by atoms with Gasteiger partial charge in [-0.25, -0.2) is 17.6 Å². The van der Waals surface area contributed by atoms with Crippen molar-refractivity contribution in [2.45, 2.75) is 11.0 Å². The van der Waals surface area contributed by atoms with Crippen LogP contribution in [0.25, 0.3) is 0 Å². The number of hydrogen-bond acceptors (Lipinski definition) is 5. The molecular weight excluding hydrogens is 367 g/mol. The summed E-state index contributed by atoms with van der Waals surface area (Å²) in [7, 11) is 0.981. The van der Waals surface area contributed by atoms with Gasteiger partial charge in [-0.15, -0.1) is 0 Å². The highest BCUT2D eigenvalue weighted by Gasteiger charge is 2.26. The molecule has 19 heavy (non-hydrogen) atoms. The summed E-state index contributed by atoms with van der Waals surface area (Å²) in [5.74, 6) is -1.75. The molecule has 1 heterocycles. The highest BCUT2D eigenvalue weighted by Crippen LogP contribution is 2.29. The van der Waals surface area contributed by atoms with E-state index in [1.165, 1.54) is 0 Å². The van der Waals surface area contributed by atoms with Crippen LogP contribution in [-0.2, 0) is 18.5 Å². The van der Waals surface area contributed by atoms with Gasteiger partial charge in [0.1, 0.15) is 16.8 Å². The van der Waals surface area contributed by atoms with Crippen molar-refractivity contribution in [3.05, 3.63) is 28.0 Å². The lowest BCUT2D eigenvalue weighted by molar-refractivity contribution is -0.103. The van der Waals surface area contributed by atoms with Gasteiger partial charge in [0.15, 0.2) is 0 Å². The van der Waals surface area contributed by atoms with Crippen molar-refractivity contribution in [1.82, 2.24) is 0 Å². The predicted molar refractivity (Wildman–Crippen MR) is 67.2 cm³/mol. The molecule has 2 rings (SSSR count). The maximum atomic E-state index is 13.6. The van der Waals surface area contributed by atoms with E-state index < -0.39 is 31.8 Å². The summed E-state index contributed by atoms with van der Waals surface area (Å²) in [6, 6.07) is 1.83. The third-order valence-electron chi connectivity index (χ3n) is 2.37. The summed E-state index contributed by atoms with van der Waals surface area (Å²) in [5, 5.41) is 0. The molecule has 0 spiro atoms. The highest BCUT2D eigenvalue weighted by atomic mass is 79.9. The largest absolute Gasteiger partial charge is 0.454 e. The van der Waals surface area contributed by atoms with Crippen LogP contribution in [-0.4, -0.2) is 33.7 Å². The van der Waals surface area contributed by atoms with Crippen molar-refractivity contribution < 1.29 is 27.1 Å². The van der Waals surface area contributed by atoms with Gasteiger partial charge in [0.05, 0.1) is 23.2 Å². The average molecular weight is 374 g/mol. The maximum absolute atomic E-state index is 13.6. The van der Waals surface area contributed by atoms with Crippen LogP contribution in [0.15, 0.2) is 21.5 Å². The lowest BCUT2D eigenvalue weighted by Crippen LogP contribution is -2.37. The van der Waals surface area contributed by atoms with E-state index in [1.54, 1.807) is 0 Å². The Kier molecular flexibility index (Phi) is 4.14. The number of halogens is 3. The van der Waals surface area contributed by atoms with Gasteiger partial charge in [0, 0.05) is 10.7 Å². The number of esters is 1. The molecular formula is C10H7BrClFO5S. The number of hydrogen-bond donors (Lipinski definition) is 0. The van der Waals surface area contributed by atoms with Crippen molar-refractivity contribution in [3.8, 4) is 0 Å². The van der Waals surface area contributed by atoms with E-state index in [4.69, 9.17) is 20.2 Å². The Morgan fingerprint density at radius 2 is 2.11 bits per heavy atom. The zero-order valence-corrected chi connectivity index (χ0v) is 12.4. The molecule has 5 nitrogen and oxygen atoms in total. The van der Waals surface area contributed by atoms with Crippen LogP contribution < -0.4 is 0 Å². The second-order valence-corrected chi connectivity index (χ2v) is 7.10. The van der Waals surface area contributed by atoms with Crippen molar-refractivity contribution in [1.29, 1.82) is 0 Å². The minimum absolute atomic E-state index is 0.230. The first-order chi connectivity index (χ1) is 8.79. The summed E-state index contributed by atoms with van der Waals surface area (Å²) < 4.78 is 45.5. The van der Waals surface area contributed by atoms with Gasteiger partial charge in [0.25, 0.3) is 9.05 Å². The Bertz CT molecular complexity index is 629. The fourth-order valence-corrected chi connectivity index (χ4v) is 3.45. The minimum Gasteiger partial charge on any atom is -0.454 e. The molecule has 1 aromatic carbocycles. The third kappa shape index (κ3) is 3.25. The number of carbonyl (C=O) groups excluding carboxylic acids is 1. The van der Waals surface area contributed by atoms with Crippen LogP contribution in [0, 0.1) is 5.82 Å². The first-order valence-corrected chi connectivity index (χ1v) is 8.11. The number of ether oxygens (including phenoxy) is 2. The van der Waals surface area contributed by atoms with Crippen LogP contribution in [0.1, 0.15) is 10.4 Å². The molecule has 0 aliphatic carbocycles. The van der Waals surface area contributed by atoms with Crippen LogP contribution >= 0.6 is 26.6 Å². The predicted octanol–water partition coefficient (Wildman–Crippen LogP) is 2.07. The Labute approximate surface area is 121 Å². The second-order valence-electron chi connectivity index (χ2n) is 3.77. The Balaban J connectivity index is 2.36. The SMILES string of the molecule is O=C(OC1COC1)c1cc(F)c(Br)c(S(=O)(=O)Cl)c1. The van der Waals surface area contributed by atoms with Crippen LogP contribution in [0.4, 0.5) is 4.39 Å². The number of carbonyl (C=O) groups is 1. The van der Waals surface area contributed by atoms with Gasteiger partial charge in [-0.1, -0.05) is 0 Å². The van der Waals surface area contributed by atoms with Crippen LogP contribution in [0.3, 0.4) is 0 Å². The van der Waals surface area contributed by atoms with Crippen molar-refractivity contribution >= 4 is 41.6 Å². The van der Waals surface area contributed by atoms with E-state index in [-0.39, 0.29) is 23.2 Å². The van der Waals surface area contributed by atoms with Gasteiger partial charge in [-0.05, 0) is 28.1 Å². The smallest absolute Gasteiger partial charge is 0.338 e. The normalized spacial score (nSPS) is 15.9. The zero-order chi connectivity index (χ0) is 14.2. The van der Waals surface area contributed by atoms with E-state index >= 15 is 0 Å². The molecule has 1 aliphatic rings. The molecule has 0 unspecified atom stereocenters. The third-order valence-corrected chi connectivity index (χ3v) is 4.79. The quantitative estimate of drug-likeness (QED) is 0.599. The number of benzene rings is 1. The molecule has 0 atom stereocenters. The monoisotopic (exact) mass is 372 g/mol. The lowest BCUT2D eigenvalue weighted by atomic mass is 10.2. The molecule has 0 radical (unpaired) electrons. The van der Waals surface area contributed by atoms with E-state index in [2.05, 4.69) is 15.9 Å². The van der Waals surface area contributed by atoms with Gasteiger partial charge in [-0.3, -0.25) is 0 Å². The van der Waals surface area contributed by atoms with Gasteiger partial charge < -0.3 is 9.47 Å². The molecule has 0 N–H and O–H groups in total. The summed E-state index contributed by atoms with van der Waals surface area (Å²) in [6.07, 6.45) is -0.393. The molecule has 1 saturated heterocycles. The van der Waals surface area contributed by atoms with E-state index in [0.717, 1.165) is 12.1 Å². The molecule has 0 aromatic heterocycles. The van der Waals surface area contributed by atoms with E-state index in [9.17, 15) is 17.6 Å².